The number of methoxy groups -OCH3 is 1. The first kappa shape index (κ1) is 20.7. The van der Waals surface area contributed by atoms with Gasteiger partial charge in [0.1, 0.15) is 11.0 Å². The molecule has 6 N–H and O–H groups in total. The molecule has 25 heavy (non-hydrogen) atoms. The zero-order valence-corrected chi connectivity index (χ0v) is 15.3. The number of nitrogens with zero attached hydrogens (tertiary/aromatic N) is 1. The van der Waals surface area contributed by atoms with Crippen molar-refractivity contribution in [1.29, 1.82) is 0 Å². The Labute approximate surface area is 153 Å². The van der Waals surface area contributed by atoms with E-state index < -0.39 is 0 Å². The van der Waals surface area contributed by atoms with Gasteiger partial charge in [-0.2, -0.15) is 0 Å². The number of nitrogens with two attached hydrogens (primary N) is 3. The van der Waals surface area contributed by atoms with E-state index in [0.717, 1.165) is 18.7 Å². The lowest BCUT2D eigenvalue weighted by Crippen LogP contribution is -2.37. The number of ether oxygens (including phenoxy) is 2. The van der Waals surface area contributed by atoms with Gasteiger partial charge < -0.3 is 31.6 Å². The molecule has 0 spiro atoms. The van der Waals surface area contributed by atoms with Crippen LogP contribution < -0.4 is 17.2 Å². The number of hydrogen-bond donors (Lipinski definition) is 3. The van der Waals surface area contributed by atoms with Crippen molar-refractivity contribution in [1.82, 2.24) is 4.90 Å². The predicted molar refractivity (Wildman–Crippen MR) is 98.4 cm³/mol. The lowest BCUT2D eigenvalue weighted by Gasteiger charge is -2.30. The van der Waals surface area contributed by atoms with Crippen LogP contribution >= 0.6 is 11.6 Å². The third-order valence-corrected chi connectivity index (χ3v) is 3.58. The van der Waals surface area contributed by atoms with Gasteiger partial charge in [0.15, 0.2) is 0 Å². The van der Waals surface area contributed by atoms with Gasteiger partial charge in [-0.1, -0.05) is 29.8 Å². The van der Waals surface area contributed by atoms with E-state index in [4.69, 9.17) is 33.5 Å². The largest absolute Gasteiger partial charge is 0.465 e. The van der Waals surface area contributed by atoms with Crippen molar-refractivity contribution < 1.29 is 14.3 Å². The average molecular weight is 369 g/mol. The number of carbonyl (C=O) groups excluding carboxylic acids is 1. The smallest absolute Gasteiger partial charge is 0.338 e. The van der Waals surface area contributed by atoms with Crippen molar-refractivity contribution in [2.45, 2.75) is 6.92 Å². The van der Waals surface area contributed by atoms with Gasteiger partial charge in [0.25, 0.3) is 0 Å². The Kier molecular flexibility index (Phi) is 8.66. The molecule has 1 aromatic carbocycles. The topological polar surface area (TPSA) is 117 Å². The van der Waals surface area contributed by atoms with Crippen molar-refractivity contribution in [3.8, 4) is 0 Å². The molecule has 0 unspecified atom stereocenters. The molecule has 0 bridgehead atoms. The summed E-state index contributed by atoms with van der Waals surface area (Å²) in [4.78, 5) is 13.0. The highest BCUT2D eigenvalue weighted by molar-refractivity contribution is 6.29. The Hall–Kier alpha value is -2.38. The van der Waals surface area contributed by atoms with Crippen molar-refractivity contribution in [3.05, 3.63) is 58.1 Å². The maximum absolute atomic E-state index is 11.0. The van der Waals surface area contributed by atoms with E-state index >= 15 is 0 Å². The molecule has 2 rings (SSSR count). The lowest BCUT2D eigenvalue weighted by molar-refractivity contribution is 0.0548. The Balaban J connectivity index is 0.000000257. The monoisotopic (exact) mass is 368 g/mol. The molecule has 0 amide bonds. The van der Waals surface area contributed by atoms with Gasteiger partial charge in [-0.15, -0.1) is 0 Å². The summed E-state index contributed by atoms with van der Waals surface area (Å²) in [5.41, 5.74) is 18.7. The first-order valence-electron chi connectivity index (χ1n) is 7.71. The van der Waals surface area contributed by atoms with E-state index in [9.17, 15) is 4.79 Å². The van der Waals surface area contributed by atoms with Crippen LogP contribution in [0.3, 0.4) is 0 Å². The second-order valence-electron chi connectivity index (χ2n) is 5.28. The minimum Gasteiger partial charge on any atom is -0.465 e. The van der Waals surface area contributed by atoms with Crippen LogP contribution in [0.4, 0.5) is 0 Å². The maximum atomic E-state index is 11.0. The standard InChI is InChI=1S/C9H10O2.C8H15ClN4O/c1-7-5-3-4-6-8(7)9(10)11-2;9-7(10)5-6(8(11)12)13-1-3-14-4-2-13/h3-6H,1-2H3;5H,1-4,10-12H2/b;7-5-. The second-order valence-corrected chi connectivity index (χ2v) is 5.71. The number of morpholine rings is 1. The van der Waals surface area contributed by atoms with Crippen molar-refractivity contribution in [2.75, 3.05) is 33.4 Å². The fourth-order valence-corrected chi connectivity index (χ4v) is 2.31. The van der Waals surface area contributed by atoms with Gasteiger partial charge in [0.2, 0.25) is 0 Å². The summed E-state index contributed by atoms with van der Waals surface area (Å²) in [7, 11) is 1.38. The zero-order valence-electron chi connectivity index (χ0n) is 14.5. The lowest BCUT2D eigenvalue weighted by atomic mass is 10.1. The van der Waals surface area contributed by atoms with Crippen LogP contribution in [0.15, 0.2) is 47.0 Å². The van der Waals surface area contributed by atoms with E-state index in [1.165, 1.54) is 7.11 Å². The summed E-state index contributed by atoms with van der Waals surface area (Å²) in [5, 5.41) is 0.167. The quantitative estimate of drug-likeness (QED) is 0.417. The number of benzene rings is 1. The Morgan fingerprint density at radius 1 is 1.24 bits per heavy atom. The van der Waals surface area contributed by atoms with Gasteiger partial charge in [-0.3, -0.25) is 0 Å². The molecule has 1 aromatic rings. The average Bonchev–Trinajstić information content (AvgIpc) is 2.60. The second kappa shape index (κ2) is 10.5. The molecule has 0 saturated carbocycles. The van der Waals surface area contributed by atoms with Crippen LogP contribution in [0.25, 0.3) is 0 Å². The number of rotatable bonds is 3. The summed E-state index contributed by atoms with van der Waals surface area (Å²) in [6.07, 6.45) is 1.56. The highest BCUT2D eigenvalue weighted by Gasteiger charge is 2.14. The number of esters is 1. The summed E-state index contributed by atoms with van der Waals surface area (Å²) >= 11 is 5.57. The number of hydrogen-bond acceptors (Lipinski definition) is 7. The molecule has 0 aliphatic carbocycles. The molecular weight excluding hydrogens is 344 g/mol. The minimum absolute atomic E-state index is 0.167. The van der Waals surface area contributed by atoms with E-state index in [1.54, 1.807) is 12.1 Å². The third-order valence-electron chi connectivity index (χ3n) is 3.47. The molecular formula is C17H25ClN4O3. The highest BCUT2D eigenvalue weighted by atomic mass is 35.5. The van der Waals surface area contributed by atoms with Crippen molar-refractivity contribution >= 4 is 17.6 Å². The van der Waals surface area contributed by atoms with Crippen molar-refractivity contribution in [3.63, 3.8) is 0 Å². The predicted octanol–water partition coefficient (Wildman–Crippen LogP) is 1.23. The van der Waals surface area contributed by atoms with Gasteiger partial charge in [0, 0.05) is 13.1 Å². The molecule has 7 nitrogen and oxygen atoms in total. The van der Waals surface area contributed by atoms with E-state index in [-0.39, 0.29) is 16.9 Å². The van der Waals surface area contributed by atoms with E-state index in [0.29, 0.717) is 24.5 Å². The summed E-state index contributed by atoms with van der Waals surface area (Å²) in [6.45, 7) is 4.69. The molecule has 0 atom stereocenters. The molecule has 0 radical (unpaired) electrons. The van der Waals surface area contributed by atoms with Crippen molar-refractivity contribution in [2.24, 2.45) is 17.2 Å². The van der Waals surface area contributed by atoms with Crippen LogP contribution in [0, 0.1) is 6.92 Å². The number of carbonyl (C=O) groups is 1. The Morgan fingerprint density at radius 3 is 2.32 bits per heavy atom. The van der Waals surface area contributed by atoms with Crippen LogP contribution in [0.1, 0.15) is 15.9 Å². The first-order chi connectivity index (χ1) is 11.9. The van der Waals surface area contributed by atoms with Crippen LogP contribution in [0.5, 0.6) is 0 Å². The Bertz CT molecular complexity index is 633. The molecule has 1 fully saturated rings. The van der Waals surface area contributed by atoms with Gasteiger partial charge in [-0.05, 0) is 24.6 Å². The number of aryl methyl sites for hydroxylation is 1. The van der Waals surface area contributed by atoms with Crippen LogP contribution in [0.2, 0.25) is 0 Å². The molecule has 8 heteroatoms. The molecule has 1 heterocycles. The van der Waals surface area contributed by atoms with E-state index in [2.05, 4.69) is 4.74 Å². The Morgan fingerprint density at radius 2 is 1.84 bits per heavy atom. The first-order valence-corrected chi connectivity index (χ1v) is 8.09. The number of halogens is 1. The summed E-state index contributed by atoms with van der Waals surface area (Å²) in [5.74, 6) is -0.0569. The van der Waals surface area contributed by atoms with Gasteiger partial charge in [0.05, 0.1) is 31.6 Å². The summed E-state index contributed by atoms with van der Waals surface area (Å²) in [6, 6.07) is 7.34. The number of allylic oxidation sites excluding steroid dienone is 1. The molecule has 138 valence electrons. The minimum atomic E-state index is -0.275. The van der Waals surface area contributed by atoms with Gasteiger partial charge in [-0.25, -0.2) is 4.79 Å². The van der Waals surface area contributed by atoms with E-state index in [1.807, 2.05) is 30.0 Å². The van der Waals surface area contributed by atoms with Gasteiger partial charge >= 0.3 is 5.97 Å². The highest BCUT2D eigenvalue weighted by Crippen LogP contribution is 2.12. The molecule has 1 saturated heterocycles. The third kappa shape index (κ3) is 6.94. The SMILES string of the molecule is COC(=O)c1ccccc1C.NC(N)=C(/C=C(\N)Cl)N1CCOCC1. The fraction of sp³-hybridized carbons (Fsp3) is 0.353. The zero-order chi connectivity index (χ0) is 18.8. The maximum Gasteiger partial charge on any atom is 0.338 e. The molecule has 0 aromatic heterocycles. The van der Waals surface area contributed by atoms with Crippen LogP contribution in [-0.4, -0.2) is 44.3 Å². The summed E-state index contributed by atoms with van der Waals surface area (Å²) < 4.78 is 9.78. The van der Waals surface area contributed by atoms with Crippen LogP contribution in [-0.2, 0) is 9.47 Å². The normalized spacial score (nSPS) is 14.2. The fourth-order valence-electron chi connectivity index (χ4n) is 2.20. The molecule has 1 aliphatic rings. The molecule has 1 aliphatic heterocycles.